The van der Waals surface area contributed by atoms with Crippen LogP contribution in [-0.2, 0) is 22.8 Å². The molecule has 8 nitrogen and oxygen atoms in total. The summed E-state index contributed by atoms with van der Waals surface area (Å²) in [7, 11) is 0.566. The number of anilines is 2. The van der Waals surface area contributed by atoms with E-state index in [9.17, 15) is 9.00 Å². The molecule has 3 rings (SSSR count). The molecule has 1 spiro atoms. The third-order valence-electron chi connectivity index (χ3n) is 5.73. The van der Waals surface area contributed by atoms with E-state index in [-0.39, 0.29) is 33.7 Å². The number of aromatic nitrogens is 2. The van der Waals surface area contributed by atoms with E-state index in [1.807, 2.05) is 27.7 Å². The molecular formula is C18H31N5O3S. The second-order valence-corrected chi connectivity index (χ2v) is 10.7. The summed E-state index contributed by atoms with van der Waals surface area (Å²) in [5.41, 5.74) is 5.56. The van der Waals surface area contributed by atoms with Crippen molar-refractivity contribution in [2.24, 2.45) is 12.5 Å². The zero-order valence-electron chi connectivity index (χ0n) is 16.8. The fourth-order valence-corrected chi connectivity index (χ4v) is 4.95. The Labute approximate surface area is 163 Å². The molecule has 0 bridgehead atoms. The Morgan fingerprint density at radius 2 is 2.00 bits per heavy atom. The van der Waals surface area contributed by atoms with Crippen LogP contribution in [0.4, 0.5) is 11.8 Å². The topological polar surface area (TPSA) is 102 Å². The van der Waals surface area contributed by atoms with Gasteiger partial charge in [-0.2, -0.15) is 4.98 Å². The molecule has 3 atom stereocenters. The van der Waals surface area contributed by atoms with Crippen LogP contribution in [0, 0.1) is 5.41 Å². The molecule has 3 N–H and O–H groups in total. The molecule has 3 heterocycles. The first-order valence-electron chi connectivity index (χ1n) is 9.42. The van der Waals surface area contributed by atoms with Gasteiger partial charge in [-0.05, 0) is 40.5 Å². The first-order chi connectivity index (χ1) is 12.5. The summed E-state index contributed by atoms with van der Waals surface area (Å²) in [6.45, 7) is 10.1. The van der Waals surface area contributed by atoms with E-state index in [4.69, 9.17) is 10.5 Å². The van der Waals surface area contributed by atoms with Crippen LogP contribution in [0.3, 0.4) is 0 Å². The molecule has 2 fully saturated rings. The zero-order chi connectivity index (χ0) is 20.0. The van der Waals surface area contributed by atoms with Crippen LogP contribution in [-0.4, -0.2) is 50.3 Å². The van der Waals surface area contributed by atoms with Crippen molar-refractivity contribution in [1.29, 1.82) is 0 Å². The predicted molar refractivity (Wildman–Crippen MR) is 108 cm³/mol. The Morgan fingerprint density at radius 3 is 2.59 bits per heavy atom. The lowest BCUT2D eigenvalue weighted by molar-refractivity contribution is 0.0972. The summed E-state index contributed by atoms with van der Waals surface area (Å²) in [5.74, 6) is 0.843. The highest BCUT2D eigenvalue weighted by Crippen LogP contribution is 2.43. The minimum Gasteiger partial charge on any atom is -0.383 e. The highest BCUT2D eigenvalue weighted by Gasteiger charge is 2.50. The van der Waals surface area contributed by atoms with Gasteiger partial charge in [0.1, 0.15) is 5.82 Å². The van der Waals surface area contributed by atoms with Gasteiger partial charge in [0.15, 0.2) is 0 Å². The van der Waals surface area contributed by atoms with Gasteiger partial charge >= 0.3 is 0 Å². The van der Waals surface area contributed by atoms with E-state index in [0.29, 0.717) is 12.6 Å². The highest BCUT2D eigenvalue weighted by molar-refractivity contribution is 7.84. The molecule has 0 amide bonds. The van der Waals surface area contributed by atoms with Crippen LogP contribution < -0.4 is 20.9 Å². The van der Waals surface area contributed by atoms with Gasteiger partial charge in [-0.3, -0.25) is 9.36 Å². The number of rotatable bonds is 3. The monoisotopic (exact) mass is 397 g/mol. The van der Waals surface area contributed by atoms with Gasteiger partial charge in [-0.1, -0.05) is 0 Å². The van der Waals surface area contributed by atoms with Gasteiger partial charge in [0.25, 0.3) is 5.56 Å². The summed E-state index contributed by atoms with van der Waals surface area (Å²) in [5, 5.41) is 0. The summed E-state index contributed by atoms with van der Waals surface area (Å²) >= 11 is 0. The normalized spacial score (nSPS) is 26.5. The van der Waals surface area contributed by atoms with E-state index in [1.165, 1.54) is 10.6 Å². The van der Waals surface area contributed by atoms with E-state index in [1.54, 1.807) is 7.05 Å². The molecule has 0 aliphatic carbocycles. The lowest BCUT2D eigenvalue weighted by Crippen LogP contribution is -2.55. The third kappa shape index (κ3) is 3.90. The van der Waals surface area contributed by atoms with Crippen molar-refractivity contribution in [2.75, 3.05) is 30.3 Å². The van der Waals surface area contributed by atoms with Crippen molar-refractivity contribution >= 4 is 22.8 Å². The van der Waals surface area contributed by atoms with Crippen molar-refractivity contribution in [1.82, 2.24) is 14.3 Å². The smallest absolute Gasteiger partial charge is 0.256 e. The van der Waals surface area contributed by atoms with Gasteiger partial charge in [0.2, 0.25) is 5.95 Å². The van der Waals surface area contributed by atoms with Crippen LogP contribution in [0.15, 0.2) is 10.9 Å². The van der Waals surface area contributed by atoms with Gasteiger partial charge in [0.05, 0.1) is 34.5 Å². The quantitative estimate of drug-likeness (QED) is 0.782. The number of hydrogen-bond acceptors (Lipinski definition) is 6. The number of hydrogen-bond donors (Lipinski definition) is 2. The fourth-order valence-electron chi connectivity index (χ4n) is 3.93. The van der Waals surface area contributed by atoms with Gasteiger partial charge in [-0.15, -0.1) is 0 Å². The Morgan fingerprint density at radius 1 is 1.37 bits per heavy atom. The molecule has 152 valence electrons. The second-order valence-electron chi connectivity index (χ2n) is 8.72. The van der Waals surface area contributed by atoms with Gasteiger partial charge in [-0.25, -0.2) is 8.93 Å². The Bertz CT molecular complexity index is 780. The molecule has 1 unspecified atom stereocenters. The van der Waals surface area contributed by atoms with E-state index < -0.39 is 11.0 Å². The average molecular weight is 398 g/mol. The van der Waals surface area contributed by atoms with Crippen LogP contribution in [0.25, 0.3) is 0 Å². The summed E-state index contributed by atoms with van der Waals surface area (Å²) < 4.78 is 23.2. The number of nitrogen functional groups attached to an aromatic ring is 1. The number of nitrogens with zero attached hydrogens (tertiary/aromatic N) is 3. The number of nitrogens with one attached hydrogen (secondary N) is 1. The summed E-state index contributed by atoms with van der Waals surface area (Å²) in [4.78, 5) is 18.5. The van der Waals surface area contributed by atoms with Crippen LogP contribution in [0.1, 0.15) is 40.5 Å². The predicted octanol–water partition coefficient (Wildman–Crippen LogP) is 0.788. The van der Waals surface area contributed by atoms with Crippen molar-refractivity contribution in [3.8, 4) is 0 Å². The summed E-state index contributed by atoms with van der Waals surface area (Å²) in [6.07, 6.45) is 1.76. The molecule has 2 aliphatic rings. The lowest BCUT2D eigenvalue weighted by atomic mass is 9.73. The maximum atomic E-state index is 12.7. The Hall–Kier alpha value is -1.45. The molecule has 0 radical (unpaired) electrons. The van der Waals surface area contributed by atoms with Crippen LogP contribution in [0.2, 0.25) is 0 Å². The standard InChI is InChI=1S/C18H31N5O3S/c1-12-15(21-27(25)17(2,3)4)18(11-26-12)6-8-23(9-7-18)16-20-13(19)10-14(24)22(16)5/h10,12,15,21H,6-9,11,19H2,1-5H3/t12-,15+,27?/m0/s1. The van der Waals surface area contributed by atoms with E-state index in [0.717, 1.165) is 25.9 Å². The number of ether oxygens (including phenoxy) is 1. The minimum absolute atomic E-state index is 0.0118. The minimum atomic E-state index is -1.15. The zero-order valence-corrected chi connectivity index (χ0v) is 17.6. The van der Waals surface area contributed by atoms with E-state index in [2.05, 4.69) is 14.6 Å². The number of piperidine rings is 1. The highest BCUT2D eigenvalue weighted by atomic mass is 32.2. The van der Waals surface area contributed by atoms with Crippen molar-refractivity contribution in [3.63, 3.8) is 0 Å². The molecule has 1 aromatic rings. The largest absolute Gasteiger partial charge is 0.383 e. The molecular weight excluding hydrogens is 366 g/mol. The molecule has 27 heavy (non-hydrogen) atoms. The molecule has 1 aromatic heterocycles. The molecule has 2 saturated heterocycles. The Balaban J connectivity index is 1.77. The number of nitrogens with two attached hydrogens (primary N) is 1. The third-order valence-corrected chi connectivity index (χ3v) is 7.31. The van der Waals surface area contributed by atoms with E-state index >= 15 is 0 Å². The van der Waals surface area contributed by atoms with Gasteiger partial charge in [0, 0.05) is 31.6 Å². The maximum Gasteiger partial charge on any atom is 0.256 e. The van der Waals surface area contributed by atoms with Gasteiger partial charge < -0.3 is 15.4 Å². The maximum absolute atomic E-state index is 12.7. The van der Waals surface area contributed by atoms with Crippen LogP contribution >= 0.6 is 0 Å². The van der Waals surface area contributed by atoms with Crippen LogP contribution in [0.5, 0.6) is 0 Å². The first kappa shape index (κ1) is 20.3. The fraction of sp³-hybridized carbons (Fsp3) is 0.778. The molecule has 2 aliphatic heterocycles. The molecule has 0 saturated carbocycles. The first-order valence-corrected chi connectivity index (χ1v) is 10.6. The average Bonchev–Trinajstić information content (AvgIpc) is 2.88. The SMILES string of the molecule is C[C@@H]1OCC2(CCN(c3nc(N)cc(=O)n3C)CC2)[C@@H]1NS(=O)C(C)(C)C. The molecule has 9 heteroatoms. The van der Waals surface area contributed by atoms with Crippen molar-refractivity contribution in [3.05, 3.63) is 16.4 Å². The lowest BCUT2D eigenvalue weighted by Gasteiger charge is -2.43. The van der Waals surface area contributed by atoms with Crippen molar-refractivity contribution < 1.29 is 8.95 Å². The summed E-state index contributed by atoms with van der Waals surface area (Å²) in [6, 6.07) is 1.38. The second kappa shape index (κ2) is 7.18. The molecule has 0 aromatic carbocycles. The Kier molecular flexibility index (Phi) is 5.39. The van der Waals surface area contributed by atoms with Crippen molar-refractivity contribution in [2.45, 2.75) is 57.4 Å².